The van der Waals surface area contributed by atoms with Gasteiger partial charge in [0, 0.05) is 43.0 Å². The van der Waals surface area contributed by atoms with Crippen molar-refractivity contribution >= 4 is 29.6 Å². The van der Waals surface area contributed by atoms with E-state index in [0.29, 0.717) is 11.4 Å². The van der Waals surface area contributed by atoms with Crippen molar-refractivity contribution in [2.24, 2.45) is 11.5 Å². The van der Waals surface area contributed by atoms with E-state index in [1.165, 1.54) is 32.0 Å². The van der Waals surface area contributed by atoms with Crippen LogP contribution in [0, 0.1) is 0 Å². The zero-order chi connectivity index (χ0) is 26.0. The smallest absolute Gasteiger partial charge is 0.326 e. The Morgan fingerprint density at radius 2 is 1.37 bits per heavy atom. The van der Waals surface area contributed by atoms with Gasteiger partial charge in [-0.3, -0.25) is 19.2 Å². The zero-order valence-corrected chi connectivity index (χ0v) is 19.0. The summed E-state index contributed by atoms with van der Waals surface area (Å²) in [6, 6.07) is -4.69. The number of hydrogen-bond donors (Lipinski definition) is 8. The maximum atomic E-state index is 13.0. The number of aromatic amines is 2. The summed E-state index contributed by atoms with van der Waals surface area (Å²) in [6.45, 7) is 1.42. The van der Waals surface area contributed by atoms with Gasteiger partial charge in [0.15, 0.2) is 0 Å². The van der Waals surface area contributed by atoms with Crippen LogP contribution in [0.3, 0.4) is 0 Å². The second-order valence-corrected chi connectivity index (χ2v) is 7.88. The summed E-state index contributed by atoms with van der Waals surface area (Å²) >= 11 is 0. The van der Waals surface area contributed by atoms with Gasteiger partial charge < -0.3 is 42.5 Å². The normalized spacial score (nSPS) is 14.2. The lowest BCUT2D eigenvalue weighted by Crippen LogP contribution is -2.57. The second kappa shape index (κ2) is 12.8. The van der Waals surface area contributed by atoms with Crippen LogP contribution in [-0.4, -0.2) is 78.8 Å². The quantitative estimate of drug-likeness (QED) is 0.134. The fraction of sp³-hybridized carbons (Fsp3) is 0.450. The number of imidazole rings is 2. The largest absolute Gasteiger partial charge is 0.480 e. The lowest BCUT2D eigenvalue weighted by molar-refractivity contribution is -0.142. The van der Waals surface area contributed by atoms with Crippen molar-refractivity contribution in [1.29, 1.82) is 0 Å². The highest BCUT2D eigenvalue weighted by molar-refractivity contribution is 5.94. The molecule has 0 spiro atoms. The minimum atomic E-state index is -1.31. The zero-order valence-electron chi connectivity index (χ0n) is 19.0. The minimum absolute atomic E-state index is 0.0578. The van der Waals surface area contributed by atoms with E-state index >= 15 is 0 Å². The van der Waals surface area contributed by atoms with Gasteiger partial charge in [-0.15, -0.1) is 0 Å². The molecule has 0 aliphatic carbocycles. The summed E-state index contributed by atoms with van der Waals surface area (Å²) in [7, 11) is 0. The number of nitrogens with two attached hydrogens (primary N) is 2. The standard InChI is InChI=1S/C20H29N9O6/c1-10(21)17(31)27-13(2-3-16(22)30)18(32)28-14(4-11-6-23-8-25-11)19(33)29-15(20(34)35)5-12-7-24-9-26-12/h6-10,13-15H,2-5,21H2,1H3,(H2,22,30)(H,23,25)(H,24,26)(H,27,31)(H,28,32)(H,29,33)(H,34,35). The molecule has 10 N–H and O–H groups in total. The van der Waals surface area contributed by atoms with Crippen molar-refractivity contribution in [2.75, 3.05) is 0 Å². The highest BCUT2D eigenvalue weighted by Gasteiger charge is 2.30. The molecule has 2 aromatic rings. The minimum Gasteiger partial charge on any atom is -0.480 e. The fourth-order valence-corrected chi connectivity index (χ4v) is 3.05. The number of amides is 4. The van der Waals surface area contributed by atoms with E-state index in [0.717, 1.165) is 0 Å². The average Bonchev–Trinajstić information content (AvgIpc) is 3.49. The molecule has 0 saturated carbocycles. The van der Waals surface area contributed by atoms with Gasteiger partial charge in [-0.1, -0.05) is 0 Å². The molecular weight excluding hydrogens is 462 g/mol. The van der Waals surface area contributed by atoms with Gasteiger partial charge >= 0.3 is 5.97 Å². The monoisotopic (exact) mass is 491 g/mol. The number of carboxylic acid groups (broad SMARTS) is 1. The summed E-state index contributed by atoms with van der Waals surface area (Å²) in [5.74, 6) is -4.18. The van der Waals surface area contributed by atoms with E-state index in [9.17, 15) is 29.1 Å². The highest BCUT2D eigenvalue weighted by atomic mass is 16.4. The van der Waals surface area contributed by atoms with Gasteiger partial charge in [0.05, 0.1) is 18.7 Å². The number of carboxylic acids is 1. The molecule has 15 heteroatoms. The fourth-order valence-electron chi connectivity index (χ4n) is 3.05. The molecule has 0 saturated heterocycles. The van der Waals surface area contributed by atoms with Crippen LogP contribution in [-0.2, 0) is 36.8 Å². The molecule has 190 valence electrons. The Bertz CT molecular complexity index is 1010. The third kappa shape index (κ3) is 8.88. The van der Waals surface area contributed by atoms with Crippen LogP contribution in [0.15, 0.2) is 25.0 Å². The third-order valence-corrected chi connectivity index (χ3v) is 4.93. The maximum absolute atomic E-state index is 13.0. The molecule has 35 heavy (non-hydrogen) atoms. The lowest BCUT2D eigenvalue weighted by atomic mass is 10.1. The van der Waals surface area contributed by atoms with Crippen molar-refractivity contribution in [3.8, 4) is 0 Å². The molecule has 2 aromatic heterocycles. The number of carbonyl (C=O) groups excluding carboxylic acids is 4. The van der Waals surface area contributed by atoms with E-state index in [1.807, 2.05) is 0 Å². The van der Waals surface area contributed by atoms with E-state index in [4.69, 9.17) is 11.5 Å². The lowest BCUT2D eigenvalue weighted by Gasteiger charge is -2.24. The first-order valence-electron chi connectivity index (χ1n) is 10.7. The first-order valence-corrected chi connectivity index (χ1v) is 10.7. The molecule has 2 heterocycles. The maximum Gasteiger partial charge on any atom is 0.326 e. The van der Waals surface area contributed by atoms with Crippen molar-refractivity contribution in [3.63, 3.8) is 0 Å². The van der Waals surface area contributed by atoms with E-state index < -0.39 is 53.8 Å². The summed E-state index contributed by atoms with van der Waals surface area (Å²) in [4.78, 5) is 74.2. The molecule has 4 unspecified atom stereocenters. The number of aliphatic carboxylic acids is 1. The van der Waals surface area contributed by atoms with Crippen LogP contribution in [0.4, 0.5) is 0 Å². The molecule has 4 atom stereocenters. The molecular formula is C20H29N9O6. The van der Waals surface area contributed by atoms with E-state index in [2.05, 4.69) is 35.9 Å². The number of aromatic nitrogens is 4. The van der Waals surface area contributed by atoms with Gasteiger partial charge in [-0.25, -0.2) is 14.8 Å². The van der Waals surface area contributed by atoms with Gasteiger partial charge in [0.2, 0.25) is 23.6 Å². The third-order valence-electron chi connectivity index (χ3n) is 4.93. The molecule has 15 nitrogen and oxygen atoms in total. The van der Waals surface area contributed by atoms with Crippen molar-refractivity contribution < 1.29 is 29.1 Å². The molecule has 0 fully saturated rings. The summed E-state index contributed by atoms with van der Waals surface area (Å²) < 4.78 is 0. The second-order valence-electron chi connectivity index (χ2n) is 7.88. The first-order chi connectivity index (χ1) is 16.6. The van der Waals surface area contributed by atoms with Gasteiger partial charge in [-0.05, 0) is 13.3 Å². The van der Waals surface area contributed by atoms with Crippen LogP contribution >= 0.6 is 0 Å². The Balaban J connectivity index is 2.19. The van der Waals surface area contributed by atoms with Crippen molar-refractivity contribution in [1.82, 2.24) is 35.9 Å². The Morgan fingerprint density at radius 1 is 0.886 bits per heavy atom. The average molecular weight is 492 g/mol. The number of rotatable bonds is 14. The molecule has 0 bridgehead atoms. The number of hydrogen-bond acceptors (Lipinski definition) is 8. The van der Waals surface area contributed by atoms with Crippen molar-refractivity contribution in [2.45, 2.75) is 56.8 Å². The molecule has 4 amide bonds. The molecule has 2 rings (SSSR count). The van der Waals surface area contributed by atoms with Gasteiger partial charge in [-0.2, -0.15) is 0 Å². The SMILES string of the molecule is CC(N)C(=O)NC(CCC(N)=O)C(=O)NC(Cc1cnc[nH]1)C(=O)NC(Cc1cnc[nH]1)C(=O)O. The Kier molecular flexibility index (Phi) is 9.89. The molecule has 0 aromatic carbocycles. The molecule has 0 aliphatic rings. The van der Waals surface area contributed by atoms with Crippen LogP contribution in [0.2, 0.25) is 0 Å². The summed E-state index contributed by atoms with van der Waals surface area (Å²) in [5.41, 5.74) is 11.7. The topological polar surface area (TPSA) is 251 Å². The summed E-state index contributed by atoms with van der Waals surface area (Å²) in [5, 5.41) is 16.9. The summed E-state index contributed by atoms with van der Waals surface area (Å²) in [6.07, 6.45) is 5.15. The number of nitrogens with one attached hydrogen (secondary N) is 5. The molecule has 0 aliphatic heterocycles. The number of carbonyl (C=O) groups is 5. The Morgan fingerprint density at radius 3 is 1.83 bits per heavy atom. The molecule has 0 radical (unpaired) electrons. The Labute approximate surface area is 199 Å². The number of nitrogens with zero attached hydrogens (tertiary/aromatic N) is 2. The predicted molar refractivity (Wildman–Crippen MR) is 120 cm³/mol. The number of H-pyrrole nitrogens is 2. The van der Waals surface area contributed by atoms with Crippen LogP contribution in [0.1, 0.15) is 31.2 Å². The highest BCUT2D eigenvalue weighted by Crippen LogP contribution is 2.05. The van der Waals surface area contributed by atoms with E-state index in [-0.39, 0.29) is 25.7 Å². The van der Waals surface area contributed by atoms with Gasteiger partial charge in [0.1, 0.15) is 18.1 Å². The first kappa shape index (κ1) is 27.0. The van der Waals surface area contributed by atoms with Crippen LogP contribution < -0.4 is 27.4 Å². The number of primary amides is 1. The van der Waals surface area contributed by atoms with E-state index in [1.54, 1.807) is 0 Å². The van der Waals surface area contributed by atoms with Crippen molar-refractivity contribution in [3.05, 3.63) is 36.4 Å². The van der Waals surface area contributed by atoms with Crippen LogP contribution in [0.25, 0.3) is 0 Å². The Hall–Kier alpha value is -4.27. The predicted octanol–water partition coefficient (Wildman–Crippen LogP) is -2.93. The van der Waals surface area contributed by atoms with Gasteiger partial charge in [0.25, 0.3) is 0 Å². The van der Waals surface area contributed by atoms with Crippen LogP contribution in [0.5, 0.6) is 0 Å².